The molecule has 1 aliphatic carbocycles. The molecule has 0 aliphatic heterocycles. The van der Waals surface area contributed by atoms with E-state index in [0.717, 1.165) is 43.5 Å². The van der Waals surface area contributed by atoms with E-state index in [1.165, 1.54) is 4.90 Å². The number of hydrogen-bond donors (Lipinski definition) is 1. The molecule has 0 spiro atoms. The second-order valence-electron chi connectivity index (χ2n) is 5.77. The van der Waals surface area contributed by atoms with Crippen LogP contribution in [0.4, 0.5) is 18.9 Å². The third-order valence-corrected chi connectivity index (χ3v) is 3.66. The zero-order valence-corrected chi connectivity index (χ0v) is 12.6. The quantitative estimate of drug-likeness (QED) is 0.765. The van der Waals surface area contributed by atoms with Crippen molar-refractivity contribution in [3.63, 3.8) is 0 Å². The lowest BCUT2D eigenvalue weighted by molar-refractivity contribution is -0.120. The summed E-state index contributed by atoms with van der Waals surface area (Å²) in [5.74, 6) is 0. The molecule has 0 saturated heterocycles. The summed E-state index contributed by atoms with van der Waals surface area (Å²) in [6, 6.07) is 5.80. The van der Waals surface area contributed by atoms with E-state index in [1.54, 1.807) is 0 Å². The maximum atomic E-state index is 12.7. The van der Waals surface area contributed by atoms with E-state index < -0.39 is 12.7 Å². The summed E-state index contributed by atoms with van der Waals surface area (Å²) in [5, 5.41) is 3.31. The molecule has 0 heterocycles. The van der Waals surface area contributed by atoms with Gasteiger partial charge in [-0.1, -0.05) is 19.1 Å². The second-order valence-corrected chi connectivity index (χ2v) is 5.77. The van der Waals surface area contributed by atoms with Crippen molar-refractivity contribution in [2.45, 2.75) is 51.9 Å². The molecule has 0 unspecified atom stereocenters. The molecule has 0 radical (unpaired) electrons. The molecule has 1 aromatic rings. The molecule has 2 rings (SSSR count). The second kappa shape index (κ2) is 6.69. The van der Waals surface area contributed by atoms with Crippen molar-refractivity contribution in [2.24, 2.45) is 0 Å². The van der Waals surface area contributed by atoms with Crippen LogP contribution in [0, 0.1) is 6.92 Å². The fourth-order valence-corrected chi connectivity index (χ4v) is 2.55. The van der Waals surface area contributed by atoms with Crippen LogP contribution in [0.2, 0.25) is 0 Å². The minimum absolute atomic E-state index is 0.0504. The number of benzene rings is 1. The summed E-state index contributed by atoms with van der Waals surface area (Å²) in [6.07, 6.45) is -1.38. The molecule has 2 nitrogen and oxygen atoms in total. The molecular formula is C16H23F3N2. The summed E-state index contributed by atoms with van der Waals surface area (Å²) in [7, 11) is 0. The minimum Gasteiger partial charge on any atom is -0.359 e. The van der Waals surface area contributed by atoms with Crippen molar-refractivity contribution in [1.82, 2.24) is 5.32 Å². The van der Waals surface area contributed by atoms with Crippen LogP contribution >= 0.6 is 0 Å². The van der Waals surface area contributed by atoms with Crippen molar-refractivity contribution >= 4 is 5.69 Å². The van der Waals surface area contributed by atoms with Crippen molar-refractivity contribution in [3.8, 4) is 0 Å². The number of anilines is 1. The summed E-state index contributed by atoms with van der Waals surface area (Å²) < 4.78 is 38.2. The van der Waals surface area contributed by atoms with Crippen molar-refractivity contribution in [3.05, 3.63) is 29.3 Å². The van der Waals surface area contributed by atoms with Gasteiger partial charge in [-0.25, -0.2) is 0 Å². The van der Waals surface area contributed by atoms with Crippen molar-refractivity contribution < 1.29 is 13.2 Å². The van der Waals surface area contributed by atoms with Gasteiger partial charge in [0.1, 0.15) is 6.54 Å². The highest BCUT2D eigenvalue weighted by Gasteiger charge is 2.38. The molecule has 0 bridgehead atoms. The molecule has 0 aromatic heterocycles. The molecule has 1 saturated carbocycles. The molecule has 0 atom stereocenters. The highest BCUT2D eigenvalue weighted by Crippen LogP contribution is 2.36. The Morgan fingerprint density at radius 3 is 2.52 bits per heavy atom. The number of alkyl halides is 3. The first-order valence-electron chi connectivity index (χ1n) is 7.54. The van der Waals surface area contributed by atoms with Crippen LogP contribution in [-0.4, -0.2) is 25.3 Å². The Kier molecular flexibility index (Phi) is 5.14. The summed E-state index contributed by atoms with van der Waals surface area (Å²) >= 11 is 0. The molecule has 5 heteroatoms. The molecule has 1 aliphatic rings. The molecule has 21 heavy (non-hydrogen) atoms. The average molecular weight is 300 g/mol. The number of nitrogens with zero attached hydrogens (tertiary/aromatic N) is 1. The van der Waals surface area contributed by atoms with Crippen molar-refractivity contribution in [1.29, 1.82) is 0 Å². The van der Waals surface area contributed by atoms with Gasteiger partial charge in [0, 0.05) is 18.3 Å². The Morgan fingerprint density at radius 1 is 1.29 bits per heavy atom. The molecule has 1 aromatic carbocycles. The molecule has 1 N–H and O–H groups in total. The monoisotopic (exact) mass is 300 g/mol. The van der Waals surface area contributed by atoms with Crippen LogP contribution < -0.4 is 10.2 Å². The van der Waals surface area contributed by atoms with E-state index in [2.05, 4.69) is 12.2 Å². The van der Waals surface area contributed by atoms with Gasteiger partial charge in [0.25, 0.3) is 0 Å². The van der Waals surface area contributed by atoms with Crippen LogP contribution in [-0.2, 0) is 6.54 Å². The van der Waals surface area contributed by atoms with E-state index in [4.69, 9.17) is 0 Å². The minimum atomic E-state index is -4.16. The molecule has 118 valence electrons. The number of aryl methyl sites for hydroxylation is 1. The topological polar surface area (TPSA) is 15.3 Å². The lowest BCUT2D eigenvalue weighted by atomic mass is 10.1. The van der Waals surface area contributed by atoms with Gasteiger partial charge in [0.05, 0.1) is 0 Å². The van der Waals surface area contributed by atoms with Crippen molar-refractivity contribution in [2.75, 3.05) is 18.0 Å². The molecule has 1 fully saturated rings. The van der Waals surface area contributed by atoms with Gasteiger partial charge >= 0.3 is 6.18 Å². The summed E-state index contributed by atoms with van der Waals surface area (Å²) in [6.45, 7) is 4.85. The van der Waals surface area contributed by atoms with Gasteiger partial charge in [-0.05, 0) is 49.9 Å². The first-order valence-corrected chi connectivity index (χ1v) is 7.54. The van der Waals surface area contributed by atoms with E-state index >= 15 is 0 Å². The zero-order chi connectivity index (χ0) is 15.5. The van der Waals surface area contributed by atoms with Crippen LogP contribution in [0.1, 0.15) is 37.3 Å². The van der Waals surface area contributed by atoms with Gasteiger partial charge in [-0.3, -0.25) is 0 Å². The van der Waals surface area contributed by atoms with E-state index in [1.807, 2.05) is 25.1 Å². The number of halogens is 3. The lowest BCUT2D eigenvalue weighted by Gasteiger charge is -2.27. The Morgan fingerprint density at radius 2 is 2.00 bits per heavy atom. The van der Waals surface area contributed by atoms with E-state index in [-0.39, 0.29) is 6.04 Å². The van der Waals surface area contributed by atoms with Gasteiger partial charge < -0.3 is 10.2 Å². The Bertz CT molecular complexity index is 467. The third kappa shape index (κ3) is 4.92. The Hall–Kier alpha value is -1.23. The summed E-state index contributed by atoms with van der Waals surface area (Å²) in [4.78, 5) is 1.51. The smallest absolute Gasteiger partial charge is 0.359 e. The maximum absolute atomic E-state index is 12.7. The normalized spacial score (nSPS) is 15.3. The number of nitrogens with one attached hydrogen (secondary N) is 1. The number of rotatable bonds is 7. The van der Waals surface area contributed by atoms with Gasteiger partial charge in [0.15, 0.2) is 0 Å². The third-order valence-electron chi connectivity index (χ3n) is 3.66. The first kappa shape index (κ1) is 16.1. The molecular weight excluding hydrogens is 277 g/mol. The predicted octanol–water partition coefficient (Wildman–Crippen LogP) is 4.03. The zero-order valence-electron chi connectivity index (χ0n) is 12.6. The standard InChI is InChI=1S/C16H23F3N2/c1-3-8-20-10-13-4-7-15(12(2)9-13)21(14-5-6-14)11-16(17,18)19/h4,7,9,14,20H,3,5-6,8,10-11H2,1-2H3. The number of hydrogen-bond acceptors (Lipinski definition) is 2. The van der Waals surface area contributed by atoms with Gasteiger partial charge in [-0.2, -0.15) is 13.2 Å². The van der Waals surface area contributed by atoms with E-state index in [9.17, 15) is 13.2 Å². The largest absolute Gasteiger partial charge is 0.405 e. The first-order chi connectivity index (χ1) is 9.90. The molecule has 0 amide bonds. The van der Waals surface area contributed by atoms with Crippen LogP contribution in [0.5, 0.6) is 0 Å². The fraction of sp³-hybridized carbons (Fsp3) is 0.625. The van der Waals surface area contributed by atoms with Crippen LogP contribution in [0.3, 0.4) is 0 Å². The van der Waals surface area contributed by atoms with Gasteiger partial charge in [-0.15, -0.1) is 0 Å². The van der Waals surface area contributed by atoms with E-state index in [0.29, 0.717) is 5.69 Å². The van der Waals surface area contributed by atoms with Crippen LogP contribution in [0.25, 0.3) is 0 Å². The predicted molar refractivity (Wildman–Crippen MR) is 79.6 cm³/mol. The highest BCUT2D eigenvalue weighted by molar-refractivity contribution is 5.56. The van der Waals surface area contributed by atoms with Gasteiger partial charge in [0.2, 0.25) is 0 Å². The average Bonchev–Trinajstić information content (AvgIpc) is 3.20. The SMILES string of the molecule is CCCNCc1ccc(N(CC(F)(F)F)C2CC2)c(C)c1. The lowest BCUT2D eigenvalue weighted by Crippen LogP contribution is -2.36. The Balaban J connectivity index is 2.10. The highest BCUT2D eigenvalue weighted by atomic mass is 19.4. The summed E-state index contributed by atoms with van der Waals surface area (Å²) in [5.41, 5.74) is 2.75. The maximum Gasteiger partial charge on any atom is 0.405 e. The van der Waals surface area contributed by atoms with Crippen LogP contribution in [0.15, 0.2) is 18.2 Å². The Labute approximate surface area is 124 Å². The fourth-order valence-electron chi connectivity index (χ4n) is 2.55.